The smallest absolute Gasteiger partial charge is 0.183 e. The van der Waals surface area contributed by atoms with E-state index in [0.29, 0.717) is 18.8 Å². The van der Waals surface area contributed by atoms with E-state index in [1.54, 1.807) is 0 Å². The molecule has 0 aliphatic heterocycles. The van der Waals surface area contributed by atoms with Gasteiger partial charge in [-0.25, -0.2) is 12.8 Å². The number of anilines is 1. The van der Waals surface area contributed by atoms with Gasteiger partial charge in [-0.15, -0.1) is 0 Å². The first-order valence-corrected chi connectivity index (χ1v) is 7.75. The highest BCUT2D eigenvalue weighted by atomic mass is 32.2. The van der Waals surface area contributed by atoms with Gasteiger partial charge in [0.25, 0.3) is 0 Å². The molecule has 1 saturated carbocycles. The van der Waals surface area contributed by atoms with Gasteiger partial charge in [0.15, 0.2) is 9.84 Å². The quantitative estimate of drug-likeness (QED) is 0.841. The zero-order valence-corrected chi connectivity index (χ0v) is 11.2. The van der Waals surface area contributed by atoms with Crippen molar-refractivity contribution < 1.29 is 12.8 Å². The highest BCUT2D eigenvalue weighted by Gasteiger charge is 2.32. The van der Waals surface area contributed by atoms with Gasteiger partial charge in [-0.3, -0.25) is 0 Å². The molecule has 0 amide bonds. The lowest BCUT2D eigenvalue weighted by Crippen LogP contribution is -2.27. The van der Waals surface area contributed by atoms with Crippen molar-refractivity contribution in [2.45, 2.75) is 42.8 Å². The van der Waals surface area contributed by atoms with E-state index in [-0.39, 0.29) is 10.6 Å². The van der Waals surface area contributed by atoms with Gasteiger partial charge in [-0.2, -0.15) is 0 Å². The summed E-state index contributed by atoms with van der Waals surface area (Å²) in [7, 11) is -3.50. The Hall–Kier alpha value is -1.10. The van der Waals surface area contributed by atoms with Crippen molar-refractivity contribution in [1.29, 1.82) is 0 Å². The molecule has 2 N–H and O–H groups in total. The third-order valence-electron chi connectivity index (χ3n) is 3.68. The average molecular weight is 271 g/mol. The Kier molecular flexibility index (Phi) is 3.61. The Bertz CT molecular complexity index is 534. The summed E-state index contributed by atoms with van der Waals surface area (Å²) >= 11 is 0. The molecule has 1 aromatic rings. The number of benzene rings is 1. The van der Waals surface area contributed by atoms with Gasteiger partial charge < -0.3 is 5.73 Å². The van der Waals surface area contributed by atoms with E-state index in [1.807, 2.05) is 0 Å². The van der Waals surface area contributed by atoms with Crippen molar-refractivity contribution in [2.75, 3.05) is 5.73 Å². The van der Waals surface area contributed by atoms with Gasteiger partial charge >= 0.3 is 0 Å². The van der Waals surface area contributed by atoms with Crippen LogP contribution in [0.25, 0.3) is 0 Å². The lowest BCUT2D eigenvalue weighted by molar-refractivity contribution is 0.382. The van der Waals surface area contributed by atoms with E-state index < -0.39 is 20.9 Å². The van der Waals surface area contributed by atoms with Crippen molar-refractivity contribution in [3.8, 4) is 0 Å². The molecule has 0 bridgehead atoms. The summed E-state index contributed by atoms with van der Waals surface area (Å²) in [5.74, 6) is 0.00765. The number of rotatable bonds is 2. The maximum Gasteiger partial charge on any atom is 0.183 e. The van der Waals surface area contributed by atoms with Crippen LogP contribution in [0.1, 0.15) is 32.6 Å². The molecule has 3 nitrogen and oxygen atoms in total. The number of hydrogen-bond acceptors (Lipinski definition) is 3. The molecule has 0 radical (unpaired) electrons. The number of hydrogen-bond donors (Lipinski definition) is 1. The first-order valence-electron chi connectivity index (χ1n) is 6.20. The zero-order chi connectivity index (χ0) is 13.3. The van der Waals surface area contributed by atoms with Gasteiger partial charge in [0, 0.05) is 0 Å². The fraction of sp³-hybridized carbons (Fsp3) is 0.538. The van der Waals surface area contributed by atoms with Crippen LogP contribution in [0.2, 0.25) is 0 Å². The molecule has 18 heavy (non-hydrogen) atoms. The second kappa shape index (κ2) is 4.88. The lowest BCUT2D eigenvalue weighted by Gasteiger charge is -2.26. The number of sulfone groups is 1. The molecule has 0 spiro atoms. The summed E-state index contributed by atoms with van der Waals surface area (Å²) in [6.45, 7) is 2.12. The van der Waals surface area contributed by atoms with Crippen molar-refractivity contribution in [3.63, 3.8) is 0 Å². The van der Waals surface area contributed by atoms with Crippen LogP contribution >= 0.6 is 0 Å². The van der Waals surface area contributed by atoms with Crippen LogP contribution in [0.5, 0.6) is 0 Å². The molecule has 1 aliphatic rings. The normalized spacial score (nSPS) is 25.0. The minimum absolute atomic E-state index is 0.0537. The Balaban J connectivity index is 2.33. The van der Waals surface area contributed by atoms with Gasteiger partial charge in [0.05, 0.1) is 15.8 Å². The van der Waals surface area contributed by atoms with E-state index >= 15 is 0 Å². The SMILES string of the molecule is CC1CCC(S(=O)(=O)c2cc(F)ccc2N)CC1. The molecule has 1 fully saturated rings. The second-order valence-electron chi connectivity index (χ2n) is 5.11. The summed E-state index contributed by atoms with van der Waals surface area (Å²) in [6, 6.07) is 3.52. The Labute approximate surface area is 107 Å². The summed E-state index contributed by atoms with van der Waals surface area (Å²) in [5.41, 5.74) is 5.80. The molecule has 0 aromatic heterocycles. The highest BCUT2D eigenvalue weighted by molar-refractivity contribution is 7.92. The minimum Gasteiger partial charge on any atom is -0.398 e. The summed E-state index contributed by atoms with van der Waals surface area (Å²) in [6.07, 6.45) is 3.08. The third-order valence-corrected chi connectivity index (χ3v) is 6.00. The molecule has 0 saturated heterocycles. The van der Waals surface area contributed by atoms with E-state index in [2.05, 4.69) is 6.92 Å². The first-order chi connectivity index (χ1) is 8.41. The van der Waals surface area contributed by atoms with Crippen LogP contribution in [-0.2, 0) is 9.84 Å². The number of nitrogens with two attached hydrogens (primary N) is 1. The lowest BCUT2D eigenvalue weighted by atomic mass is 9.91. The molecule has 2 rings (SSSR count). The summed E-state index contributed by atoms with van der Waals surface area (Å²) in [5, 5.41) is -0.419. The van der Waals surface area contributed by atoms with Gasteiger partial charge in [-0.1, -0.05) is 6.92 Å². The molecule has 5 heteroatoms. The van der Waals surface area contributed by atoms with Crippen LogP contribution in [-0.4, -0.2) is 13.7 Å². The number of nitrogen functional groups attached to an aromatic ring is 1. The van der Waals surface area contributed by atoms with Crippen molar-refractivity contribution in [1.82, 2.24) is 0 Å². The van der Waals surface area contributed by atoms with Crippen molar-refractivity contribution >= 4 is 15.5 Å². The highest BCUT2D eigenvalue weighted by Crippen LogP contribution is 2.33. The van der Waals surface area contributed by atoms with E-state index in [4.69, 9.17) is 5.73 Å². The average Bonchev–Trinajstić information content (AvgIpc) is 2.32. The van der Waals surface area contributed by atoms with Crippen LogP contribution < -0.4 is 5.73 Å². The molecule has 0 unspecified atom stereocenters. The zero-order valence-electron chi connectivity index (χ0n) is 10.4. The minimum atomic E-state index is -3.50. The molecule has 0 atom stereocenters. The predicted molar refractivity (Wildman–Crippen MR) is 69.4 cm³/mol. The Morgan fingerprint density at radius 2 is 1.83 bits per heavy atom. The predicted octanol–water partition coefficient (Wildman–Crippen LogP) is 2.76. The maximum absolute atomic E-state index is 13.2. The first kappa shape index (κ1) is 13.3. The Morgan fingerprint density at radius 1 is 1.22 bits per heavy atom. The van der Waals surface area contributed by atoms with Crippen molar-refractivity contribution in [3.05, 3.63) is 24.0 Å². The molecular weight excluding hydrogens is 253 g/mol. The summed E-state index contributed by atoms with van der Waals surface area (Å²) in [4.78, 5) is -0.0537. The van der Waals surface area contributed by atoms with Crippen molar-refractivity contribution in [2.24, 2.45) is 5.92 Å². The van der Waals surface area contributed by atoms with Gasteiger partial charge in [-0.05, 0) is 49.8 Å². The Morgan fingerprint density at radius 3 is 2.44 bits per heavy atom. The van der Waals surface area contributed by atoms with E-state index in [1.165, 1.54) is 12.1 Å². The van der Waals surface area contributed by atoms with Crippen LogP contribution in [0.4, 0.5) is 10.1 Å². The topological polar surface area (TPSA) is 60.2 Å². The number of halogens is 1. The van der Waals surface area contributed by atoms with Crippen LogP contribution in [0.15, 0.2) is 23.1 Å². The largest absolute Gasteiger partial charge is 0.398 e. The van der Waals surface area contributed by atoms with E-state index in [9.17, 15) is 12.8 Å². The molecule has 0 heterocycles. The molecular formula is C13H18FNO2S. The van der Waals surface area contributed by atoms with Gasteiger partial charge in [0.2, 0.25) is 0 Å². The molecule has 1 aromatic carbocycles. The van der Waals surface area contributed by atoms with Crippen LogP contribution in [0.3, 0.4) is 0 Å². The fourth-order valence-electron chi connectivity index (χ4n) is 2.47. The standard InChI is InChI=1S/C13H18FNO2S/c1-9-2-5-11(6-3-9)18(16,17)13-8-10(14)4-7-12(13)15/h4,7-9,11H,2-3,5-6,15H2,1H3. The summed E-state index contributed by atoms with van der Waals surface area (Å²) < 4.78 is 38.0. The second-order valence-corrected chi connectivity index (χ2v) is 7.31. The van der Waals surface area contributed by atoms with Crippen LogP contribution in [0, 0.1) is 11.7 Å². The third kappa shape index (κ3) is 2.51. The van der Waals surface area contributed by atoms with E-state index in [0.717, 1.165) is 18.9 Å². The van der Waals surface area contributed by atoms with Gasteiger partial charge in [0.1, 0.15) is 5.82 Å². The fourth-order valence-corrected chi connectivity index (χ4v) is 4.40. The molecule has 100 valence electrons. The molecule has 1 aliphatic carbocycles. The maximum atomic E-state index is 13.2. The monoisotopic (exact) mass is 271 g/mol.